The molecule has 0 radical (unpaired) electrons. The third kappa shape index (κ3) is 7.35. The fourth-order valence-corrected chi connectivity index (χ4v) is 7.46. The summed E-state index contributed by atoms with van der Waals surface area (Å²) in [6, 6.07) is 47.5. The van der Waals surface area contributed by atoms with E-state index in [0.717, 1.165) is 89.4 Å². The van der Waals surface area contributed by atoms with Gasteiger partial charge in [0, 0.05) is 57.1 Å². The van der Waals surface area contributed by atoms with Gasteiger partial charge in [0.05, 0.1) is 36.0 Å². The molecule has 0 saturated heterocycles. The highest BCUT2D eigenvalue weighted by Gasteiger charge is 2.19. The first-order valence-corrected chi connectivity index (χ1v) is 18.9. The van der Waals surface area contributed by atoms with Gasteiger partial charge in [-0.15, -0.1) is 0 Å². The summed E-state index contributed by atoms with van der Waals surface area (Å²) >= 11 is 0. The number of carbonyl (C=O) groups excluding carboxylic acids is 1. The number of H-pyrrole nitrogens is 2. The first kappa shape index (κ1) is 35.6. The van der Waals surface area contributed by atoms with E-state index in [9.17, 15) is 4.79 Å². The summed E-state index contributed by atoms with van der Waals surface area (Å²) in [6.07, 6.45) is 8.39. The number of benzene rings is 4. The van der Waals surface area contributed by atoms with E-state index in [0.29, 0.717) is 18.9 Å². The average Bonchev–Trinajstić information content (AvgIpc) is 4.10. The zero-order valence-corrected chi connectivity index (χ0v) is 31.3. The molecule has 7 aromatic rings. The molecule has 8 heteroatoms. The Balaban J connectivity index is 1.32. The van der Waals surface area contributed by atoms with Crippen molar-refractivity contribution in [3.05, 3.63) is 162 Å². The molecule has 3 N–H and O–H groups in total. The van der Waals surface area contributed by atoms with Crippen molar-refractivity contribution < 1.29 is 14.3 Å². The number of ether oxygens (including phenoxy) is 2. The molecule has 0 unspecified atom stereocenters. The van der Waals surface area contributed by atoms with E-state index in [1.165, 1.54) is 0 Å². The molecule has 9 rings (SSSR count). The normalized spacial score (nSPS) is 11.9. The lowest BCUT2D eigenvalue weighted by Gasteiger charge is -2.09. The number of nitrogens with one attached hydrogen (secondary N) is 3. The maximum absolute atomic E-state index is 12.6. The van der Waals surface area contributed by atoms with Gasteiger partial charge >= 0.3 is 0 Å². The van der Waals surface area contributed by atoms with Crippen LogP contribution in [0.2, 0.25) is 0 Å². The highest BCUT2D eigenvalue weighted by atomic mass is 16.5. The first-order valence-electron chi connectivity index (χ1n) is 18.9. The topological polar surface area (TPSA) is 105 Å². The van der Waals surface area contributed by atoms with Crippen molar-refractivity contribution in [3.8, 4) is 44.5 Å². The van der Waals surface area contributed by atoms with Crippen LogP contribution in [0.1, 0.15) is 22.8 Å². The van der Waals surface area contributed by atoms with Crippen molar-refractivity contribution in [2.75, 3.05) is 32.2 Å². The minimum Gasteiger partial charge on any atom is -0.382 e. The lowest BCUT2D eigenvalue weighted by atomic mass is 10.0. The number of carbonyl (C=O) groups is 1. The lowest BCUT2D eigenvalue weighted by molar-refractivity contribution is -0.121. The van der Waals surface area contributed by atoms with Gasteiger partial charge in [0.2, 0.25) is 5.91 Å². The molecule has 4 aromatic carbocycles. The molecular formula is C49H39N5O3. The quantitative estimate of drug-likeness (QED) is 0.121. The second-order valence-electron chi connectivity index (χ2n) is 13.8. The van der Waals surface area contributed by atoms with Gasteiger partial charge in [-0.05, 0) is 83.0 Å². The van der Waals surface area contributed by atoms with Crippen LogP contribution >= 0.6 is 0 Å². The molecule has 0 fully saturated rings. The molecule has 0 saturated carbocycles. The van der Waals surface area contributed by atoms with Crippen molar-refractivity contribution in [1.82, 2.24) is 19.9 Å². The number of aromatic nitrogens is 4. The summed E-state index contributed by atoms with van der Waals surface area (Å²) < 4.78 is 10.4. The van der Waals surface area contributed by atoms with Crippen molar-refractivity contribution in [2.45, 2.75) is 0 Å². The third-order valence-electron chi connectivity index (χ3n) is 10.1. The van der Waals surface area contributed by atoms with Crippen LogP contribution in [0.25, 0.3) is 90.9 Å². The van der Waals surface area contributed by atoms with Gasteiger partial charge in [0.15, 0.2) is 0 Å². The average molecular weight is 746 g/mol. The lowest BCUT2D eigenvalue weighted by Crippen LogP contribution is -2.19. The zero-order chi connectivity index (χ0) is 38.6. The molecule has 57 heavy (non-hydrogen) atoms. The van der Waals surface area contributed by atoms with Gasteiger partial charge in [-0.3, -0.25) is 4.79 Å². The number of aromatic amines is 2. The minimum absolute atomic E-state index is 0.0535. The Hall–Kier alpha value is -7.13. The van der Waals surface area contributed by atoms with Crippen LogP contribution in [0.4, 0.5) is 5.69 Å². The molecule has 2 aliphatic rings. The van der Waals surface area contributed by atoms with Gasteiger partial charge in [-0.25, -0.2) is 9.97 Å². The van der Waals surface area contributed by atoms with Crippen LogP contribution in [0, 0.1) is 0 Å². The summed E-state index contributed by atoms with van der Waals surface area (Å²) in [7, 11) is 1.60. The number of fused-ring (bicyclic) bond motifs is 8. The van der Waals surface area contributed by atoms with E-state index < -0.39 is 0 Å². The van der Waals surface area contributed by atoms with Gasteiger partial charge < -0.3 is 24.8 Å². The maximum Gasteiger partial charge on any atom is 0.250 e. The Kier molecular flexibility index (Phi) is 9.93. The Morgan fingerprint density at radius 1 is 0.491 bits per heavy atom. The number of hydrogen-bond acceptors (Lipinski definition) is 5. The molecule has 1 amide bonds. The van der Waals surface area contributed by atoms with E-state index >= 15 is 0 Å². The first-order chi connectivity index (χ1) is 28.1. The fourth-order valence-electron chi connectivity index (χ4n) is 7.46. The Morgan fingerprint density at radius 2 is 0.860 bits per heavy atom. The molecule has 278 valence electrons. The Bertz CT molecular complexity index is 2770. The maximum atomic E-state index is 12.6. The molecule has 3 aromatic heterocycles. The summed E-state index contributed by atoms with van der Waals surface area (Å²) in [6.45, 7) is 0.724. The van der Waals surface area contributed by atoms with E-state index in [-0.39, 0.29) is 12.5 Å². The van der Waals surface area contributed by atoms with Crippen LogP contribution in [0.5, 0.6) is 0 Å². The highest BCUT2D eigenvalue weighted by molar-refractivity contribution is 6.00. The number of nitrogens with zero attached hydrogens (tertiary/aromatic N) is 2. The van der Waals surface area contributed by atoms with Gasteiger partial charge in [0.25, 0.3) is 0 Å². The van der Waals surface area contributed by atoms with Crippen molar-refractivity contribution in [3.63, 3.8) is 0 Å². The summed E-state index contributed by atoms with van der Waals surface area (Å²) in [5.41, 5.74) is 15.8. The number of anilines is 1. The van der Waals surface area contributed by atoms with Gasteiger partial charge in [0.1, 0.15) is 6.61 Å². The number of hydrogen-bond donors (Lipinski definition) is 3. The van der Waals surface area contributed by atoms with Crippen LogP contribution < -0.4 is 5.32 Å². The van der Waals surface area contributed by atoms with E-state index in [1.54, 1.807) is 7.11 Å². The predicted octanol–water partition coefficient (Wildman–Crippen LogP) is 10.9. The van der Waals surface area contributed by atoms with E-state index in [2.05, 4.69) is 137 Å². The molecule has 0 atom stereocenters. The zero-order valence-electron chi connectivity index (χ0n) is 31.3. The Labute approximate surface area is 330 Å². The van der Waals surface area contributed by atoms with Crippen LogP contribution in [-0.2, 0) is 14.3 Å². The van der Waals surface area contributed by atoms with Gasteiger partial charge in [-0.2, -0.15) is 0 Å². The monoisotopic (exact) mass is 745 g/mol. The van der Waals surface area contributed by atoms with Crippen molar-refractivity contribution in [2.24, 2.45) is 0 Å². The van der Waals surface area contributed by atoms with Gasteiger partial charge in [-0.1, -0.05) is 103 Å². The summed E-state index contributed by atoms with van der Waals surface area (Å²) in [5.74, 6) is -0.231. The van der Waals surface area contributed by atoms with Crippen LogP contribution in [0.15, 0.2) is 140 Å². The number of amides is 1. The smallest absolute Gasteiger partial charge is 0.250 e. The Morgan fingerprint density at radius 3 is 1.23 bits per heavy atom. The summed E-state index contributed by atoms with van der Waals surface area (Å²) in [4.78, 5) is 30.9. The highest BCUT2D eigenvalue weighted by Crippen LogP contribution is 2.38. The van der Waals surface area contributed by atoms with Crippen molar-refractivity contribution >= 4 is 58.0 Å². The van der Waals surface area contributed by atoms with Crippen molar-refractivity contribution in [1.29, 1.82) is 0 Å². The number of methoxy groups -OCH3 is 1. The van der Waals surface area contributed by atoms with Crippen LogP contribution in [-0.4, -0.2) is 52.8 Å². The molecule has 8 nitrogen and oxygen atoms in total. The SMILES string of the molecule is COCCOCC(=O)Nc1ccc(-c2c3nc(c(-c4ccccc4)c4ccc([nH]4)c(-c4ccccc4)c4nc(c(-c5ccccc5)c5ccc2[nH]5)C=C4)C=C3)cc1. The van der Waals surface area contributed by atoms with Crippen LogP contribution in [0.3, 0.4) is 0 Å². The molecule has 0 spiro atoms. The second-order valence-corrected chi connectivity index (χ2v) is 13.8. The standard InChI is InChI=1S/C49H39N5O3/c1-56-29-30-57-31-45(55)50-36-19-17-35(18-20-36)49-43-27-25-41(53-43)47(33-13-7-3-8-14-33)39-23-21-37(51-39)46(32-11-5-2-6-12-32)38-22-24-40(52-38)48(34-15-9-4-10-16-34)42-26-28-44(49)54-42/h2-28,51,54H,29-31H2,1H3,(H,50,55). The predicted molar refractivity (Wildman–Crippen MR) is 232 cm³/mol. The molecule has 8 bridgehead atoms. The fraction of sp³-hybridized carbons (Fsp3) is 0.0816. The summed E-state index contributed by atoms with van der Waals surface area (Å²) in [5, 5.41) is 2.94. The molecule has 5 heterocycles. The number of rotatable bonds is 10. The molecule has 0 aliphatic carbocycles. The minimum atomic E-state index is -0.231. The molecule has 2 aliphatic heterocycles. The second kappa shape index (κ2) is 15.9. The largest absolute Gasteiger partial charge is 0.382 e. The van der Waals surface area contributed by atoms with E-state index in [4.69, 9.17) is 19.4 Å². The third-order valence-corrected chi connectivity index (χ3v) is 10.1. The van der Waals surface area contributed by atoms with E-state index in [1.807, 2.05) is 42.5 Å². The molecular weight excluding hydrogens is 707 g/mol.